The molecule has 14 nitrogen and oxygen atoms in total. The minimum absolute atomic E-state index is 0.0899. The Kier molecular flexibility index (Phi) is 11.9. The number of hydrogen-bond acceptors (Lipinski definition) is 8. The SMILES string of the molecule is COC(=O)N[C@H](C(=O)N1CCCC1c1ccc(-c2ccc(-c3ccc(-c4cnc([C@@H]5COC(C)(C)N5C(=O)[C@@H](NC(=O)OC)C(C)C)[nH]4)cc3)cc2)[nH]1)C(C)C. The fraction of sp³-hybridized carbons (Fsp3) is 0.452. The van der Waals surface area contributed by atoms with Crippen LogP contribution in [0.25, 0.3) is 33.6 Å². The zero-order valence-electron chi connectivity index (χ0n) is 33.3. The minimum atomic E-state index is -0.916. The van der Waals surface area contributed by atoms with Gasteiger partial charge in [-0.05, 0) is 72.9 Å². The van der Waals surface area contributed by atoms with Crippen LogP contribution in [-0.2, 0) is 23.8 Å². The van der Waals surface area contributed by atoms with Gasteiger partial charge in [0, 0.05) is 17.9 Å². The number of amides is 4. The van der Waals surface area contributed by atoms with Gasteiger partial charge in [0.05, 0.1) is 38.8 Å². The number of carbonyl (C=O) groups excluding carboxylic acids is 4. The summed E-state index contributed by atoms with van der Waals surface area (Å²) in [5.41, 5.74) is 5.88. The number of nitrogens with one attached hydrogen (secondary N) is 4. The van der Waals surface area contributed by atoms with E-state index in [0.29, 0.717) is 12.4 Å². The number of aromatic amines is 2. The number of imidazole rings is 1. The van der Waals surface area contributed by atoms with Gasteiger partial charge in [-0.1, -0.05) is 76.2 Å². The van der Waals surface area contributed by atoms with Crippen LogP contribution in [0.4, 0.5) is 9.59 Å². The van der Waals surface area contributed by atoms with Crippen molar-refractivity contribution in [1.29, 1.82) is 0 Å². The average Bonchev–Trinajstić information content (AvgIpc) is 4.01. The Morgan fingerprint density at radius 2 is 1.29 bits per heavy atom. The number of methoxy groups -OCH3 is 2. The summed E-state index contributed by atoms with van der Waals surface area (Å²) in [6.07, 6.45) is 2.19. The third-order valence-corrected chi connectivity index (χ3v) is 10.7. The van der Waals surface area contributed by atoms with E-state index in [0.717, 1.165) is 52.2 Å². The number of hydrogen-bond donors (Lipinski definition) is 4. The number of aromatic nitrogens is 3. The van der Waals surface area contributed by atoms with Crippen LogP contribution in [0.15, 0.2) is 66.9 Å². The fourth-order valence-electron chi connectivity index (χ4n) is 7.62. The summed E-state index contributed by atoms with van der Waals surface area (Å²) in [6, 6.07) is 18.5. The van der Waals surface area contributed by atoms with E-state index in [2.05, 4.69) is 62.0 Å². The van der Waals surface area contributed by atoms with Gasteiger partial charge in [0.25, 0.3) is 0 Å². The Labute approximate surface area is 327 Å². The largest absolute Gasteiger partial charge is 0.453 e. The molecule has 4 N–H and O–H groups in total. The van der Waals surface area contributed by atoms with Crippen molar-refractivity contribution in [3.05, 3.63) is 78.4 Å². The molecule has 2 aromatic carbocycles. The molecule has 2 fully saturated rings. The maximum Gasteiger partial charge on any atom is 0.407 e. The van der Waals surface area contributed by atoms with Gasteiger partial charge in [-0.2, -0.15) is 0 Å². The molecule has 14 heteroatoms. The van der Waals surface area contributed by atoms with Gasteiger partial charge in [-0.25, -0.2) is 14.6 Å². The molecule has 4 amide bonds. The summed E-state index contributed by atoms with van der Waals surface area (Å²) in [7, 11) is 2.56. The van der Waals surface area contributed by atoms with Crippen molar-refractivity contribution in [3.63, 3.8) is 0 Å². The number of ether oxygens (including phenoxy) is 3. The van der Waals surface area contributed by atoms with Crippen LogP contribution in [-0.4, -0.2) is 93.9 Å². The lowest BCUT2D eigenvalue weighted by Gasteiger charge is -2.36. The van der Waals surface area contributed by atoms with Crippen LogP contribution in [0.1, 0.15) is 78.0 Å². The molecule has 2 saturated heterocycles. The quantitative estimate of drug-likeness (QED) is 0.129. The molecule has 0 saturated carbocycles. The molecular formula is C42H53N7O7. The van der Waals surface area contributed by atoms with E-state index >= 15 is 0 Å². The maximum atomic E-state index is 13.9. The van der Waals surface area contributed by atoms with Crippen LogP contribution in [0.2, 0.25) is 0 Å². The molecule has 0 spiro atoms. The number of H-pyrrole nitrogens is 2. The summed E-state index contributed by atoms with van der Waals surface area (Å²) in [6.45, 7) is 12.1. The lowest BCUT2D eigenvalue weighted by molar-refractivity contribution is -0.149. The summed E-state index contributed by atoms with van der Waals surface area (Å²) in [4.78, 5) is 66.6. The standard InChI is InChI=1S/C42H53N7O7/c1-24(2)35(46-40(52)54-7)38(50)48-21-9-10-33(48)31-20-19-30(44-31)28-15-11-26(12-16-28)27-13-17-29(18-14-27)32-22-43-37(45-32)34-23-56-42(5,6)49(34)39(51)36(25(3)4)47-41(53)55-8/h11-20,22,24-25,33-36,44H,9-10,21,23H2,1-8H3,(H,43,45)(H,46,52)(H,47,53)/t33?,34-,35-,36-/m0/s1. The van der Waals surface area contributed by atoms with E-state index in [4.69, 9.17) is 14.2 Å². The molecule has 4 aromatic rings. The van der Waals surface area contributed by atoms with Gasteiger partial charge in [0.2, 0.25) is 11.8 Å². The zero-order chi connectivity index (χ0) is 40.3. The summed E-state index contributed by atoms with van der Waals surface area (Å²) in [5.74, 6) is -0.0652. The van der Waals surface area contributed by atoms with Crippen molar-refractivity contribution >= 4 is 24.0 Å². The van der Waals surface area contributed by atoms with Gasteiger partial charge in [0.15, 0.2) is 0 Å². The number of carbonyl (C=O) groups is 4. The van der Waals surface area contributed by atoms with Crippen molar-refractivity contribution in [2.45, 2.75) is 84.3 Å². The fourth-order valence-corrected chi connectivity index (χ4v) is 7.62. The number of nitrogens with zero attached hydrogens (tertiary/aromatic N) is 3. The Morgan fingerprint density at radius 1 is 0.750 bits per heavy atom. The summed E-state index contributed by atoms with van der Waals surface area (Å²) >= 11 is 0. The first-order valence-electron chi connectivity index (χ1n) is 19.1. The van der Waals surface area contributed by atoms with Gasteiger partial charge in [-0.3, -0.25) is 9.59 Å². The van der Waals surface area contributed by atoms with Crippen molar-refractivity contribution in [2.75, 3.05) is 27.4 Å². The van der Waals surface area contributed by atoms with E-state index in [1.807, 2.05) is 70.7 Å². The highest BCUT2D eigenvalue weighted by molar-refractivity contribution is 5.87. The lowest BCUT2D eigenvalue weighted by Crippen LogP contribution is -2.56. The van der Waals surface area contributed by atoms with Crippen molar-refractivity contribution in [1.82, 2.24) is 35.4 Å². The highest BCUT2D eigenvalue weighted by Crippen LogP contribution is 2.38. The first-order chi connectivity index (χ1) is 26.7. The van der Waals surface area contributed by atoms with Crippen LogP contribution in [0, 0.1) is 11.8 Å². The first-order valence-corrected chi connectivity index (χ1v) is 19.1. The molecular weight excluding hydrogens is 715 g/mol. The molecule has 2 aromatic heterocycles. The maximum absolute atomic E-state index is 13.9. The third kappa shape index (κ3) is 8.30. The molecule has 2 aliphatic rings. The van der Waals surface area contributed by atoms with Gasteiger partial charge in [0.1, 0.15) is 29.7 Å². The second kappa shape index (κ2) is 16.6. The zero-order valence-corrected chi connectivity index (χ0v) is 33.3. The predicted octanol–water partition coefficient (Wildman–Crippen LogP) is 6.80. The predicted molar refractivity (Wildman–Crippen MR) is 211 cm³/mol. The van der Waals surface area contributed by atoms with Gasteiger partial charge in [-0.15, -0.1) is 0 Å². The van der Waals surface area contributed by atoms with Crippen molar-refractivity contribution in [2.24, 2.45) is 11.8 Å². The molecule has 6 rings (SSSR count). The molecule has 298 valence electrons. The van der Waals surface area contributed by atoms with Crippen LogP contribution >= 0.6 is 0 Å². The Balaban J connectivity index is 1.13. The number of benzene rings is 2. The number of alkyl carbamates (subject to hydrolysis) is 2. The van der Waals surface area contributed by atoms with E-state index in [1.54, 1.807) is 11.1 Å². The average molecular weight is 768 g/mol. The van der Waals surface area contributed by atoms with Gasteiger partial charge >= 0.3 is 12.2 Å². The van der Waals surface area contributed by atoms with Crippen molar-refractivity contribution in [3.8, 4) is 33.6 Å². The Bertz CT molecular complexity index is 2020. The second-order valence-corrected chi connectivity index (χ2v) is 15.6. The topological polar surface area (TPSA) is 171 Å². The van der Waals surface area contributed by atoms with Gasteiger partial charge < -0.3 is 44.6 Å². The highest BCUT2D eigenvalue weighted by atomic mass is 16.5. The van der Waals surface area contributed by atoms with Crippen LogP contribution < -0.4 is 10.6 Å². The summed E-state index contributed by atoms with van der Waals surface area (Å²) in [5, 5.41) is 5.39. The smallest absolute Gasteiger partial charge is 0.407 e. The molecule has 0 bridgehead atoms. The number of rotatable bonds is 11. The first kappa shape index (κ1) is 40.0. The normalized spacial score (nSPS) is 18.9. The second-order valence-electron chi connectivity index (χ2n) is 15.6. The van der Waals surface area contributed by atoms with E-state index in [1.165, 1.54) is 14.2 Å². The van der Waals surface area contributed by atoms with E-state index in [-0.39, 0.29) is 36.3 Å². The monoisotopic (exact) mass is 767 g/mol. The molecule has 0 aliphatic carbocycles. The summed E-state index contributed by atoms with van der Waals surface area (Å²) < 4.78 is 15.6. The third-order valence-electron chi connectivity index (χ3n) is 10.7. The van der Waals surface area contributed by atoms with Crippen LogP contribution in [0.3, 0.4) is 0 Å². The van der Waals surface area contributed by atoms with Crippen LogP contribution in [0.5, 0.6) is 0 Å². The van der Waals surface area contributed by atoms with Crippen molar-refractivity contribution < 1.29 is 33.4 Å². The molecule has 56 heavy (non-hydrogen) atoms. The Hall–Kier alpha value is -5.63. The van der Waals surface area contributed by atoms with E-state index in [9.17, 15) is 19.2 Å². The molecule has 4 atom stereocenters. The molecule has 1 unspecified atom stereocenters. The Morgan fingerprint density at radius 3 is 1.84 bits per heavy atom. The molecule has 4 heterocycles. The highest BCUT2D eigenvalue weighted by Gasteiger charge is 2.48. The minimum Gasteiger partial charge on any atom is -0.453 e. The van der Waals surface area contributed by atoms with E-state index < -0.39 is 36.0 Å². The lowest BCUT2D eigenvalue weighted by atomic mass is 10.0. The number of likely N-dealkylation sites (tertiary alicyclic amines) is 1. The molecule has 2 aliphatic heterocycles. The molecule has 0 radical (unpaired) electrons.